The SMILES string of the molecule is CC(=O)N[C@H]1C(O)O[C@H](CO)[C@H](O)[C@@H]1O.[Cl-]. The van der Waals surface area contributed by atoms with Gasteiger partial charge in [0, 0.05) is 6.92 Å². The molecule has 1 saturated heterocycles. The van der Waals surface area contributed by atoms with Gasteiger partial charge in [-0.1, -0.05) is 0 Å². The lowest BCUT2D eigenvalue weighted by atomic mass is 9.97. The van der Waals surface area contributed by atoms with E-state index in [-0.39, 0.29) is 12.4 Å². The van der Waals surface area contributed by atoms with E-state index in [1.807, 2.05) is 0 Å². The van der Waals surface area contributed by atoms with E-state index >= 15 is 0 Å². The van der Waals surface area contributed by atoms with E-state index in [9.17, 15) is 20.1 Å². The second kappa shape index (κ2) is 6.33. The number of halogens is 1. The predicted octanol–water partition coefficient (Wildman–Crippen LogP) is -6.07. The van der Waals surface area contributed by atoms with Crippen LogP contribution in [-0.4, -0.2) is 63.6 Å². The van der Waals surface area contributed by atoms with Crippen molar-refractivity contribution >= 4 is 5.91 Å². The molecule has 5 N–H and O–H groups in total. The number of carbonyl (C=O) groups excluding carboxylic acids is 1. The quantitative estimate of drug-likeness (QED) is 0.336. The summed E-state index contributed by atoms with van der Waals surface area (Å²) in [6.45, 7) is 0.687. The van der Waals surface area contributed by atoms with Crippen molar-refractivity contribution in [3.63, 3.8) is 0 Å². The number of aliphatic hydroxyl groups excluding tert-OH is 4. The molecule has 1 rings (SSSR count). The van der Waals surface area contributed by atoms with Crippen molar-refractivity contribution < 1.29 is 42.4 Å². The second-order valence-electron chi connectivity index (χ2n) is 3.46. The molecule has 96 valence electrons. The molecule has 7 nitrogen and oxygen atoms in total. The lowest BCUT2D eigenvalue weighted by molar-refractivity contribution is -0.253. The number of hydrogen-bond acceptors (Lipinski definition) is 6. The topological polar surface area (TPSA) is 119 Å². The van der Waals surface area contributed by atoms with Gasteiger partial charge in [-0.25, -0.2) is 0 Å². The number of nitrogens with one attached hydrogen (secondary N) is 1. The van der Waals surface area contributed by atoms with Gasteiger partial charge in [-0.3, -0.25) is 4.79 Å². The molecular weight excluding hydrogens is 242 g/mol. The molecule has 0 radical (unpaired) electrons. The summed E-state index contributed by atoms with van der Waals surface area (Å²) in [7, 11) is 0. The maximum atomic E-state index is 10.7. The van der Waals surface area contributed by atoms with Crippen molar-refractivity contribution in [2.24, 2.45) is 0 Å². The van der Waals surface area contributed by atoms with E-state index in [0.717, 1.165) is 0 Å². The number of carbonyl (C=O) groups is 1. The molecule has 0 aliphatic carbocycles. The lowest BCUT2D eigenvalue weighted by Crippen LogP contribution is -3.00. The molecule has 0 aromatic carbocycles. The highest BCUT2D eigenvalue weighted by atomic mass is 35.5. The number of rotatable bonds is 2. The van der Waals surface area contributed by atoms with Gasteiger partial charge in [0.1, 0.15) is 24.4 Å². The van der Waals surface area contributed by atoms with Crippen molar-refractivity contribution in [1.29, 1.82) is 0 Å². The van der Waals surface area contributed by atoms with Gasteiger partial charge in [0.15, 0.2) is 6.29 Å². The van der Waals surface area contributed by atoms with E-state index in [1.165, 1.54) is 6.92 Å². The van der Waals surface area contributed by atoms with Crippen LogP contribution >= 0.6 is 0 Å². The van der Waals surface area contributed by atoms with Gasteiger partial charge in [-0.05, 0) is 0 Å². The first-order valence-corrected chi connectivity index (χ1v) is 4.55. The molecule has 1 aliphatic rings. The van der Waals surface area contributed by atoms with Crippen LogP contribution in [0.25, 0.3) is 0 Å². The van der Waals surface area contributed by atoms with Crippen molar-refractivity contribution in [3.8, 4) is 0 Å². The lowest BCUT2D eigenvalue weighted by Gasteiger charge is -2.40. The highest BCUT2D eigenvalue weighted by Crippen LogP contribution is 2.19. The molecule has 0 saturated carbocycles. The average molecular weight is 257 g/mol. The van der Waals surface area contributed by atoms with Crippen LogP contribution < -0.4 is 17.7 Å². The van der Waals surface area contributed by atoms with Crippen molar-refractivity contribution in [1.82, 2.24) is 5.32 Å². The Morgan fingerprint density at radius 2 is 1.88 bits per heavy atom. The van der Waals surface area contributed by atoms with Crippen LogP contribution in [0.3, 0.4) is 0 Å². The Kier molecular flexibility index (Phi) is 6.16. The molecule has 16 heavy (non-hydrogen) atoms. The van der Waals surface area contributed by atoms with Crippen molar-refractivity contribution in [3.05, 3.63) is 0 Å². The van der Waals surface area contributed by atoms with Gasteiger partial charge in [-0.2, -0.15) is 0 Å². The van der Waals surface area contributed by atoms with E-state index in [1.54, 1.807) is 0 Å². The summed E-state index contributed by atoms with van der Waals surface area (Å²) < 4.78 is 4.81. The van der Waals surface area contributed by atoms with E-state index in [0.29, 0.717) is 0 Å². The fourth-order valence-electron chi connectivity index (χ4n) is 1.49. The van der Waals surface area contributed by atoms with E-state index in [4.69, 9.17) is 9.84 Å². The maximum absolute atomic E-state index is 10.7. The Bertz CT molecular complexity index is 241. The Labute approximate surface area is 98.4 Å². The molecule has 0 aromatic heterocycles. The number of ether oxygens (including phenoxy) is 1. The van der Waals surface area contributed by atoms with Gasteiger partial charge >= 0.3 is 0 Å². The normalized spacial score (nSPS) is 38.7. The van der Waals surface area contributed by atoms with Crippen LogP contribution in [-0.2, 0) is 9.53 Å². The van der Waals surface area contributed by atoms with Gasteiger partial charge < -0.3 is 42.9 Å². The summed E-state index contributed by atoms with van der Waals surface area (Å²) in [5, 5.41) is 39.4. The van der Waals surface area contributed by atoms with Crippen LogP contribution in [0, 0.1) is 0 Å². The summed E-state index contributed by atoms with van der Waals surface area (Å²) in [4.78, 5) is 10.7. The zero-order valence-corrected chi connectivity index (χ0v) is 9.33. The van der Waals surface area contributed by atoms with Crippen LogP contribution in [0.5, 0.6) is 0 Å². The highest BCUT2D eigenvalue weighted by molar-refractivity contribution is 5.73. The standard InChI is InChI=1S/C8H15NO6.ClH/c1-3(11)9-5-7(13)6(12)4(2-10)15-8(5)14;/h4-8,10,12-14H,2H2,1H3,(H,9,11);1H/p-1/t4-,5-,6+,7-,8?;/m1./s1. The summed E-state index contributed by atoms with van der Waals surface area (Å²) in [5.74, 6) is -0.462. The smallest absolute Gasteiger partial charge is 0.217 e. The van der Waals surface area contributed by atoms with Crippen LogP contribution in [0.4, 0.5) is 0 Å². The third-order valence-electron chi connectivity index (χ3n) is 2.27. The van der Waals surface area contributed by atoms with Gasteiger partial charge in [0.2, 0.25) is 5.91 Å². The van der Waals surface area contributed by atoms with Gasteiger partial charge in [0.05, 0.1) is 6.61 Å². The molecule has 1 heterocycles. The fraction of sp³-hybridized carbons (Fsp3) is 0.875. The largest absolute Gasteiger partial charge is 1.00 e. The summed E-state index contributed by atoms with van der Waals surface area (Å²) in [6, 6.07) is -1.10. The molecule has 8 heteroatoms. The van der Waals surface area contributed by atoms with E-state index < -0.39 is 43.2 Å². The predicted molar refractivity (Wildman–Crippen MR) is 47.6 cm³/mol. The number of hydrogen-bond donors (Lipinski definition) is 5. The first-order valence-electron chi connectivity index (χ1n) is 4.55. The van der Waals surface area contributed by atoms with Crippen LogP contribution in [0.15, 0.2) is 0 Å². The second-order valence-corrected chi connectivity index (χ2v) is 3.46. The minimum Gasteiger partial charge on any atom is -1.00 e. The molecule has 1 aliphatic heterocycles. The van der Waals surface area contributed by atoms with Crippen LogP contribution in [0.2, 0.25) is 0 Å². The number of amides is 1. The molecular formula is C8H15ClNO6-. The molecule has 0 spiro atoms. The van der Waals surface area contributed by atoms with Crippen molar-refractivity contribution in [2.75, 3.05) is 6.61 Å². The number of aliphatic hydroxyl groups is 4. The Morgan fingerprint density at radius 1 is 1.31 bits per heavy atom. The third kappa shape index (κ3) is 3.27. The molecule has 0 bridgehead atoms. The minimum absolute atomic E-state index is 0. The summed E-state index contributed by atoms with van der Waals surface area (Å²) in [6.07, 6.45) is -5.24. The third-order valence-corrected chi connectivity index (χ3v) is 2.27. The summed E-state index contributed by atoms with van der Waals surface area (Å²) in [5.41, 5.74) is 0. The fourth-order valence-corrected chi connectivity index (χ4v) is 1.49. The highest BCUT2D eigenvalue weighted by Gasteiger charge is 2.43. The van der Waals surface area contributed by atoms with Crippen LogP contribution in [0.1, 0.15) is 6.92 Å². The zero-order chi connectivity index (χ0) is 11.6. The first-order chi connectivity index (χ1) is 6.97. The van der Waals surface area contributed by atoms with Crippen molar-refractivity contribution in [2.45, 2.75) is 37.6 Å². The monoisotopic (exact) mass is 256 g/mol. The summed E-state index contributed by atoms with van der Waals surface area (Å²) >= 11 is 0. The first kappa shape index (κ1) is 15.6. The Balaban J connectivity index is 0.00000225. The van der Waals surface area contributed by atoms with Gasteiger partial charge in [0.25, 0.3) is 0 Å². The molecule has 0 aromatic rings. The van der Waals surface area contributed by atoms with Gasteiger partial charge in [-0.15, -0.1) is 0 Å². The molecule has 1 fully saturated rings. The minimum atomic E-state index is -1.45. The molecule has 1 unspecified atom stereocenters. The molecule has 5 atom stereocenters. The average Bonchev–Trinajstić information content (AvgIpc) is 2.18. The zero-order valence-electron chi connectivity index (χ0n) is 8.58. The molecule has 1 amide bonds. The Morgan fingerprint density at radius 3 is 2.31 bits per heavy atom. The maximum Gasteiger partial charge on any atom is 0.217 e. The Hall–Kier alpha value is -0.440. The van der Waals surface area contributed by atoms with E-state index in [2.05, 4.69) is 5.32 Å².